The van der Waals surface area contributed by atoms with Crippen LogP contribution in [-0.4, -0.2) is 43.0 Å². The Labute approximate surface area is 162 Å². The van der Waals surface area contributed by atoms with E-state index in [0.29, 0.717) is 13.2 Å². The normalized spacial score (nSPS) is 13.8. The molecule has 27 heavy (non-hydrogen) atoms. The Morgan fingerprint density at radius 3 is 2.81 bits per heavy atom. The molecule has 1 N–H and O–H groups in total. The van der Waals surface area contributed by atoms with E-state index in [1.54, 1.807) is 0 Å². The number of amides is 1. The van der Waals surface area contributed by atoms with Crippen molar-refractivity contribution < 1.29 is 14.5 Å². The molecule has 2 aromatic carbocycles. The molecule has 0 bridgehead atoms. The first-order valence-electron chi connectivity index (χ1n) is 8.51. The number of non-ortho nitro benzene ring substituents is 1. The molecule has 0 aliphatic carbocycles. The van der Waals surface area contributed by atoms with Gasteiger partial charge in [-0.1, -0.05) is 23.7 Å². The molecule has 1 heterocycles. The third-order valence-corrected chi connectivity index (χ3v) is 4.91. The Bertz CT molecular complexity index is 885. The Balaban J connectivity index is 1.76. The molecule has 8 heteroatoms. The summed E-state index contributed by atoms with van der Waals surface area (Å²) in [7, 11) is 3.86. The predicted molar refractivity (Wildman–Crippen MR) is 103 cm³/mol. The maximum Gasteiger partial charge on any atom is 0.270 e. The summed E-state index contributed by atoms with van der Waals surface area (Å²) in [5.74, 6) is 0.462. The van der Waals surface area contributed by atoms with Gasteiger partial charge in [-0.05, 0) is 37.4 Å². The quantitative estimate of drug-likeness (QED) is 0.605. The highest BCUT2D eigenvalue weighted by Gasteiger charge is 2.21. The molecule has 0 fully saturated rings. The van der Waals surface area contributed by atoms with Crippen LogP contribution in [0.25, 0.3) is 0 Å². The number of nitro benzene ring substituents is 1. The maximum absolute atomic E-state index is 12.5. The molecule has 1 atom stereocenters. The number of carbonyl (C=O) groups is 1. The number of fused-ring (bicyclic) bond motifs is 1. The van der Waals surface area contributed by atoms with Gasteiger partial charge >= 0.3 is 0 Å². The van der Waals surface area contributed by atoms with E-state index in [1.165, 1.54) is 18.2 Å². The summed E-state index contributed by atoms with van der Waals surface area (Å²) in [4.78, 5) is 24.9. The fourth-order valence-corrected chi connectivity index (χ4v) is 3.30. The minimum absolute atomic E-state index is 0.0580. The van der Waals surface area contributed by atoms with Crippen molar-refractivity contribution in [3.05, 3.63) is 68.2 Å². The number of likely N-dealkylation sites (N-methyl/N-ethyl adjacent to an activating group) is 1. The Morgan fingerprint density at radius 1 is 1.33 bits per heavy atom. The van der Waals surface area contributed by atoms with Gasteiger partial charge in [0, 0.05) is 25.1 Å². The molecule has 0 saturated heterocycles. The van der Waals surface area contributed by atoms with Crippen LogP contribution < -0.4 is 10.1 Å². The first-order valence-corrected chi connectivity index (χ1v) is 8.89. The number of hydrogen-bond donors (Lipinski definition) is 1. The summed E-state index contributed by atoms with van der Waals surface area (Å²) >= 11 is 6.05. The highest BCUT2D eigenvalue weighted by molar-refractivity contribution is 6.33. The lowest BCUT2D eigenvalue weighted by Gasteiger charge is -2.25. The van der Waals surface area contributed by atoms with Crippen molar-refractivity contribution in [2.75, 3.05) is 27.2 Å². The van der Waals surface area contributed by atoms with Crippen molar-refractivity contribution in [2.45, 2.75) is 12.5 Å². The average molecular weight is 390 g/mol. The second-order valence-corrected chi connectivity index (χ2v) is 6.98. The van der Waals surface area contributed by atoms with Crippen molar-refractivity contribution in [1.82, 2.24) is 10.2 Å². The van der Waals surface area contributed by atoms with Gasteiger partial charge in [0.2, 0.25) is 0 Å². The van der Waals surface area contributed by atoms with Gasteiger partial charge in [0.15, 0.2) is 0 Å². The molecule has 2 aromatic rings. The fourth-order valence-electron chi connectivity index (χ4n) is 3.10. The van der Waals surface area contributed by atoms with Crippen LogP contribution in [0.2, 0.25) is 5.02 Å². The first-order chi connectivity index (χ1) is 12.9. The predicted octanol–water partition coefficient (Wildman–Crippen LogP) is 3.22. The van der Waals surface area contributed by atoms with Crippen LogP contribution in [0.1, 0.15) is 27.5 Å². The van der Waals surface area contributed by atoms with Crippen molar-refractivity contribution in [3.63, 3.8) is 0 Å². The number of halogens is 1. The molecule has 0 saturated carbocycles. The van der Waals surface area contributed by atoms with Crippen LogP contribution in [0.5, 0.6) is 5.75 Å². The van der Waals surface area contributed by atoms with Gasteiger partial charge in [-0.25, -0.2) is 0 Å². The molecule has 7 nitrogen and oxygen atoms in total. The molecular formula is C19H20ClN3O4. The zero-order chi connectivity index (χ0) is 19.6. The van der Waals surface area contributed by atoms with Gasteiger partial charge in [0.1, 0.15) is 5.75 Å². The third-order valence-electron chi connectivity index (χ3n) is 4.58. The lowest BCUT2D eigenvalue weighted by molar-refractivity contribution is -0.384. The fraction of sp³-hybridized carbons (Fsp3) is 0.316. The number of nitrogens with one attached hydrogen (secondary N) is 1. The second-order valence-electron chi connectivity index (χ2n) is 6.58. The third kappa shape index (κ3) is 4.20. The van der Waals surface area contributed by atoms with E-state index >= 15 is 0 Å². The summed E-state index contributed by atoms with van der Waals surface area (Å²) in [6, 6.07) is 9.80. The van der Waals surface area contributed by atoms with Crippen LogP contribution in [0.15, 0.2) is 36.4 Å². The summed E-state index contributed by atoms with van der Waals surface area (Å²) in [6.45, 7) is 1.03. The highest BCUT2D eigenvalue weighted by Crippen LogP contribution is 2.29. The van der Waals surface area contributed by atoms with E-state index in [0.717, 1.165) is 23.3 Å². The van der Waals surface area contributed by atoms with Crippen LogP contribution in [0, 0.1) is 10.1 Å². The molecule has 0 aromatic heterocycles. The Hall–Kier alpha value is -2.64. The molecule has 1 amide bonds. The van der Waals surface area contributed by atoms with Gasteiger partial charge in [-0.15, -0.1) is 0 Å². The van der Waals surface area contributed by atoms with Crippen LogP contribution in [-0.2, 0) is 6.42 Å². The molecular weight excluding hydrogens is 370 g/mol. The lowest BCUT2D eigenvalue weighted by atomic mass is 10.0. The summed E-state index contributed by atoms with van der Waals surface area (Å²) in [6.07, 6.45) is 0.874. The molecule has 0 radical (unpaired) electrons. The molecule has 0 spiro atoms. The van der Waals surface area contributed by atoms with E-state index in [4.69, 9.17) is 16.3 Å². The largest absolute Gasteiger partial charge is 0.493 e. The first kappa shape index (κ1) is 19.1. The van der Waals surface area contributed by atoms with E-state index in [2.05, 4.69) is 11.4 Å². The summed E-state index contributed by atoms with van der Waals surface area (Å²) in [5, 5.41) is 13.9. The van der Waals surface area contributed by atoms with Crippen molar-refractivity contribution >= 4 is 23.2 Å². The van der Waals surface area contributed by atoms with E-state index in [1.807, 2.05) is 31.1 Å². The number of hydrogen-bond acceptors (Lipinski definition) is 5. The topological polar surface area (TPSA) is 84.7 Å². The number of nitro groups is 1. The van der Waals surface area contributed by atoms with Crippen LogP contribution >= 0.6 is 11.6 Å². The van der Waals surface area contributed by atoms with Gasteiger partial charge in [-0.3, -0.25) is 14.9 Å². The SMILES string of the molecule is CN(C)C(CNC(=O)c1cc([N+](=O)[O-])ccc1Cl)c1ccc2c(c1)CCO2. The molecule has 1 aliphatic heterocycles. The van der Waals surface area contributed by atoms with Crippen LogP contribution in [0.4, 0.5) is 5.69 Å². The summed E-state index contributed by atoms with van der Waals surface area (Å²) in [5.41, 5.74) is 2.14. The molecule has 3 rings (SSSR count). The highest BCUT2D eigenvalue weighted by atomic mass is 35.5. The number of benzene rings is 2. The Kier molecular flexibility index (Phi) is 5.62. The zero-order valence-corrected chi connectivity index (χ0v) is 15.8. The van der Waals surface area contributed by atoms with Crippen molar-refractivity contribution in [1.29, 1.82) is 0 Å². The standard InChI is InChI=1S/C19H20ClN3O4/c1-22(2)17(12-3-6-18-13(9-12)7-8-27-18)11-21-19(24)15-10-14(23(25)26)4-5-16(15)20/h3-6,9-10,17H,7-8,11H2,1-2H3,(H,21,24). The monoisotopic (exact) mass is 389 g/mol. The van der Waals surface area contributed by atoms with E-state index < -0.39 is 10.8 Å². The van der Waals surface area contributed by atoms with Crippen molar-refractivity contribution in [2.24, 2.45) is 0 Å². The van der Waals surface area contributed by atoms with E-state index in [-0.39, 0.29) is 22.3 Å². The second kappa shape index (κ2) is 7.94. The molecule has 142 valence electrons. The minimum atomic E-state index is -0.553. The Morgan fingerprint density at radius 2 is 2.11 bits per heavy atom. The van der Waals surface area contributed by atoms with E-state index in [9.17, 15) is 14.9 Å². The average Bonchev–Trinajstić information content (AvgIpc) is 3.09. The molecule has 1 aliphatic rings. The lowest BCUT2D eigenvalue weighted by Crippen LogP contribution is -2.34. The number of ether oxygens (including phenoxy) is 1. The van der Waals surface area contributed by atoms with Crippen LogP contribution in [0.3, 0.4) is 0 Å². The van der Waals surface area contributed by atoms with Gasteiger partial charge in [-0.2, -0.15) is 0 Å². The van der Waals surface area contributed by atoms with Crippen molar-refractivity contribution in [3.8, 4) is 5.75 Å². The summed E-state index contributed by atoms with van der Waals surface area (Å²) < 4.78 is 5.54. The van der Waals surface area contributed by atoms with Gasteiger partial charge in [0.25, 0.3) is 11.6 Å². The minimum Gasteiger partial charge on any atom is -0.493 e. The number of carbonyl (C=O) groups excluding carboxylic acids is 1. The van der Waals surface area contributed by atoms with Gasteiger partial charge < -0.3 is 15.0 Å². The van der Waals surface area contributed by atoms with Gasteiger partial charge in [0.05, 0.1) is 28.2 Å². The number of rotatable bonds is 6. The molecule has 1 unspecified atom stereocenters. The zero-order valence-electron chi connectivity index (χ0n) is 15.1. The number of nitrogens with zero attached hydrogens (tertiary/aromatic N) is 2. The maximum atomic E-state index is 12.5. The smallest absolute Gasteiger partial charge is 0.270 e.